The zero-order valence-electron chi connectivity index (χ0n) is 15.2. The van der Waals surface area contributed by atoms with Crippen LogP contribution in [0.3, 0.4) is 0 Å². The number of hydrogen-bond donors (Lipinski definition) is 1. The molecule has 0 bridgehead atoms. The molecule has 0 unspecified atom stereocenters. The van der Waals surface area contributed by atoms with Gasteiger partial charge < -0.3 is 15.1 Å². The highest BCUT2D eigenvalue weighted by Crippen LogP contribution is 2.28. The summed E-state index contributed by atoms with van der Waals surface area (Å²) in [4.78, 5) is 28.0. The van der Waals surface area contributed by atoms with E-state index in [0.29, 0.717) is 19.0 Å². The van der Waals surface area contributed by atoms with Crippen molar-refractivity contribution in [1.82, 2.24) is 9.80 Å². The molecule has 1 atom stereocenters. The van der Waals surface area contributed by atoms with Crippen molar-refractivity contribution in [1.29, 1.82) is 0 Å². The Morgan fingerprint density at radius 1 is 1.25 bits per heavy atom. The van der Waals surface area contributed by atoms with Crippen LogP contribution in [0.1, 0.15) is 44.6 Å². The van der Waals surface area contributed by atoms with E-state index in [1.54, 1.807) is 19.0 Å². The summed E-state index contributed by atoms with van der Waals surface area (Å²) in [7, 11) is 3.51. The van der Waals surface area contributed by atoms with Gasteiger partial charge in [-0.05, 0) is 36.8 Å². The number of carbonyl (C=O) groups excluding carboxylic acids is 2. The average Bonchev–Trinajstić information content (AvgIpc) is 2.60. The van der Waals surface area contributed by atoms with Crippen molar-refractivity contribution in [2.45, 2.75) is 39.0 Å². The second-order valence-electron chi connectivity index (χ2n) is 6.82. The fraction of sp³-hybridized carbons (Fsp3) is 0.579. The lowest BCUT2D eigenvalue weighted by atomic mass is 9.94. The SMILES string of the molecule is CC[C@H](C)c1ccccc1NC(=O)C1CCN(C(=O)N(C)C)CC1. The molecule has 0 radical (unpaired) electrons. The van der Waals surface area contributed by atoms with Crippen molar-refractivity contribution in [2.75, 3.05) is 32.5 Å². The van der Waals surface area contributed by atoms with E-state index < -0.39 is 0 Å². The molecule has 1 aromatic rings. The Hall–Kier alpha value is -2.04. The standard InChI is InChI=1S/C19H29N3O2/c1-5-14(2)16-8-6-7-9-17(16)20-18(23)15-10-12-22(13-11-15)19(24)21(3)4/h6-9,14-15H,5,10-13H2,1-4H3,(H,20,23)/t14-/m0/s1. The first-order valence-corrected chi connectivity index (χ1v) is 8.80. The van der Waals surface area contributed by atoms with Gasteiger partial charge in [-0.1, -0.05) is 32.0 Å². The largest absolute Gasteiger partial charge is 0.331 e. The number of nitrogens with one attached hydrogen (secondary N) is 1. The highest BCUT2D eigenvalue weighted by Gasteiger charge is 2.28. The molecule has 0 aromatic heterocycles. The predicted octanol–water partition coefficient (Wildman–Crippen LogP) is 3.53. The van der Waals surface area contributed by atoms with Gasteiger partial charge in [-0.25, -0.2) is 4.79 Å². The molecule has 5 heteroatoms. The summed E-state index contributed by atoms with van der Waals surface area (Å²) in [5.74, 6) is 0.463. The minimum absolute atomic E-state index is 0.0241. The number of anilines is 1. The van der Waals surface area contributed by atoms with Crippen LogP contribution in [0, 0.1) is 5.92 Å². The number of rotatable bonds is 4. The Balaban J connectivity index is 1.96. The quantitative estimate of drug-likeness (QED) is 0.917. The summed E-state index contributed by atoms with van der Waals surface area (Å²) in [6.07, 6.45) is 2.48. The van der Waals surface area contributed by atoms with Crippen LogP contribution in [-0.2, 0) is 4.79 Å². The van der Waals surface area contributed by atoms with Gasteiger partial charge in [0.2, 0.25) is 5.91 Å². The van der Waals surface area contributed by atoms with Gasteiger partial charge in [0.25, 0.3) is 0 Å². The van der Waals surface area contributed by atoms with Crippen molar-refractivity contribution in [2.24, 2.45) is 5.92 Å². The molecule has 1 saturated heterocycles. The van der Waals surface area contributed by atoms with Crippen LogP contribution in [0.15, 0.2) is 24.3 Å². The van der Waals surface area contributed by atoms with Crippen molar-refractivity contribution in [3.05, 3.63) is 29.8 Å². The van der Waals surface area contributed by atoms with Gasteiger partial charge in [0.15, 0.2) is 0 Å². The third-order valence-electron chi connectivity index (χ3n) is 4.88. The van der Waals surface area contributed by atoms with Crippen molar-refractivity contribution in [3.63, 3.8) is 0 Å². The van der Waals surface area contributed by atoms with Gasteiger partial charge in [0.05, 0.1) is 0 Å². The maximum atomic E-state index is 12.6. The number of carbonyl (C=O) groups is 2. The molecule has 5 nitrogen and oxygen atoms in total. The van der Waals surface area contributed by atoms with Gasteiger partial charge in [-0.15, -0.1) is 0 Å². The number of nitrogens with zero attached hydrogens (tertiary/aromatic N) is 2. The van der Waals surface area contributed by atoms with Gasteiger partial charge in [0.1, 0.15) is 0 Å². The minimum Gasteiger partial charge on any atom is -0.331 e. The molecule has 0 spiro atoms. The summed E-state index contributed by atoms with van der Waals surface area (Å²) in [6.45, 7) is 5.61. The topological polar surface area (TPSA) is 52.7 Å². The lowest BCUT2D eigenvalue weighted by molar-refractivity contribution is -0.121. The molecule has 1 aromatic carbocycles. The fourth-order valence-electron chi connectivity index (χ4n) is 3.11. The highest BCUT2D eigenvalue weighted by atomic mass is 16.2. The summed E-state index contributed by atoms with van der Waals surface area (Å²) in [6, 6.07) is 8.06. The second kappa shape index (κ2) is 8.18. The lowest BCUT2D eigenvalue weighted by Gasteiger charge is -2.33. The summed E-state index contributed by atoms with van der Waals surface area (Å²) in [5.41, 5.74) is 2.11. The van der Waals surface area contributed by atoms with E-state index in [1.807, 2.05) is 23.1 Å². The first-order valence-electron chi connectivity index (χ1n) is 8.80. The highest BCUT2D eigenvalue weighted by molar-refractivity contribution is 5.93. The van der Waals surface area contributed by atoms with Crippen LogP contribution in [-0.4, -0.2) is 48.9 Å². The number of likely N-dealkylation sites (tertiary alicyclic amines) is 1. The zero-order chi connectivity index (χ0) is 17.7. The molecule has 1 N–H and O–H groups in total. The summed E-state index contributed by atoms with van der Waals surface area (Å²) in [5, 5.41) is 3.11. The number of benzene rings is 1. The monoisotopic (exact) mass is 331 g/mol. The summed E-state index contributed by atoms with van der Waals surface area (Å²) < 4.78 is 0. The molecule has 2 rings (SSSR count). The molecule has 24 heavy (non-hydrogen) atoms. The van der Waals surface area contributed by atoms with E-state index in [-0.39, 0.29) is 17.9 Å². The van der Waals surface area contributed by atoms with Crippen LogP contribution in [0.25, 0.3) is 0 Å². The average molecular weight is 331 g/mol. The maximum Gasteiger partial charge on any atom is 0.319 e. The van der Waals surface area contributed by atoms with Crippen LogP contribution < -0.4 is 5.32 Å². The third kappa shape index (κ3) is 4.28. The number of amides is 3. The molecule has 1 aliphatic heterocycles. The van der Waals surface area contributed by atoms with Gasteiger partial charge in [-0.2, -0.15) is 0 Å². The van der Waals surface area contributed by atoms with Crippen molar-refractivity contribution in [3.8, 4) is 0 Å². The Labute approximate surface area is 145 Å². The van der Waals surface area contributed by atoms with Gasteiger partial charge in [0, 0.05) is 38.8 Å². The normalized spacial score (nSPS) is 16.6. The minimum atomic E-state index is -0.0267. The molecule has 0 aliphatic carbocycles. The number of hydrogen-bond acceptors (Lipinski definition) is 2. The Bertz CT molecular complexity index is 578. The van der Waals surface area contributed by atoms with E-state index >= 15 is 0 Å². The van der Waals surface area contributed by atoms with Crippen LogP contribution in [0.4, 0.5) is 10.5 Å². The molecule has 1 heterocycles. The molecule has 1 aliphatic rings. The van der Waals surface area contributed by atoms with Crippen LogP contribution in [0.5, 0.6) is 0 Å². The number of urea groups is 1. The smallest absolute Gasteiger partial charge is 0.319 e. The molecular weight excluding hydrogens is 302 g/mol. The molecule has 1 fully saturated rings. The number of piperidine rings is 1. The van der Waals surface area contributed by atoms with Crippen molar-refractivity contribution >= 4 is 17.6 Å². The molecular formula is C19H29N3O2. The molecule has 132 valence electrons. The Kier molecular flexibility index (Phi) is 6.23. The Morgan fingerprint density at radius 3 is 2.46 bits per heavy atom. The third-order valence-corrected chi connectivity index (χ3v) is 4.88. The number of para-hydroxylation sites is 1. The second-order valence-corrected chi connectivity index (χ2v) is 6.82. The van der Waals surface area contributed by atoms with E-state index in [1.165, 1.54) is 5.56 Å². The summed E-state index contributed by atoms with van der Waals surface area (Å²) >= 11 is 0. The van der Waals surface area contributed by atoms with Crippen LogP contribution in [0.2, 0.25) is 0 Å². The van der Waals surface area contributed by atoms with E-state index in [0.717, 1.165) is 24.9 Å². The van der Waals surface area contributed by atoms with Crippen LogP contribution >= 0.6 is 0 Å². The first-order chi connectivity index (χ1) is 11.4. The lowest BCUT2D eigenvalue weighted by Crippen LogP contribution is -2.45. The van der Waals surface area contributed by atoms with E-state index in [2.05, 4.69) is 25.2 Å². The van der Waals surface area contributed by atoms with E-state index in [4.69, 9.17) is 0 Å². The molecule has 3 amide bonds. The molecule has 0 saturated carbocycles. The fourth-order valence-corrected chi connectivity index (χ4v) is 3.11. The van der Waals surface area contributed by atoms with Gasteiger partial charge >= 0.3 is 6.03 Å². The maximum absolute atomic E-state index is 12.6. The first kappa shape index (κ1) is 18.3. The zero-order valence-corrected chi connectivity index (χ0v) is 15.2. The Morgan fingerprint density at radius 2 is 1.88 bits per heavy atom. The van der Waals surface area contributed by atoms with E-state index in [9.17, 15) is 9.59 Å². The van der Waals surface area contributed by atoms with Crippen molar-refractivity contribution < 1.29 is 9.59 Å². The predicted molar refractivity (Wildman–Crippen MR) is 97.2 cm³/mol. The van der Waals surface area contributed by atoms with Gasteiger partial charge in [-0.3, -0.25) is 4.79 Å².